The molecule has 0 aliphatic heterocycles. The maximum absolute atomic E-state index is 3.92. The summed E-state index contributed by atoms with van der Waals surface area (Å²) in [6.07, 6.45) is 5.99. The average molecular weight is 134 g/mol. The van der Waals surface area contributed by atoms with E-state index < -0.39 is 0 Å². The highest BCUT2D eigenvalue weighted by Crippen LogP contribution is 2.05. The second-order valence-corrected chi connectivity index (χ2v) is 1.68. The van der Waals surface area contributed by atoms with Crippen molar-refractivity contribution in [2.45, 2.75) is 0 Å². The van der Waals surface area contributed by atoms with Crippen LogP contribution in [0.15, 0.2) is 29.5 Å². The Morgan fingerprint density at radius 1 is 1.50 bits per heavy atom. The topological polar surface area (TPSA) is 37.3 Å². The molecule has 1 aromatic heterocycles. The van der Waals surface area contributed by atoms with E-state index in [0.29, 0.717) is 0 Å². The number of rotatable bonds is 2. The summed E-state index contributed by atoms with van der Waals surface area (Å²) >= 11 is 0. The van der Waals surface area contributed by atoms with E-state index in [1.807, 2.05) is 12.1 Å². The average Bonchev–Trinajstić information content (AvgIpc) is 2.03. The van der Waals surface area contributed by atoms with Crippen LogP contribution in [0, 0.1) is 0 Å². The van der Waals surface area contributed by atoms with Gasteiger partial charge in [0.1, 0.15) is 0 Å². The molecule has 0 bridgehead atoms. The van der Waals surface area contributed by atoms with Gasteiger partial charge in [0, 0.05) is 12.4 Å². The van der Waals surface area contributed by atoms with E-state index in [-0.39, 0.29) is 0 Å². The van der Waals surface area contributed by atoms with Crippen molar-refractivity contribution in [1.29, 1.82) is 0 Å². The van der Waals surface area contributed by atoms with Gasteiger partial charge in [-0.2, -0.15) is 0 Å². The van der Waals surface area contributed by atoms with Crippen molar-refractivity contribution < 1.29 is 0 Å². The Hall–Kier alpha value is -1.38. The third-order valence-electron chi connectivity index (χ3n) is 0.960. The van der Waals surface area contributed by atoms with Crippen LogP contribution in [-0.4, -0.2) is 18.4 Å². The highest BCUT2D eigenvalue weighted by atomic mass is 14.9. The maximum atomic E-state index is 3.92. The summed E-state index contributed by atoms with van der Waals surface area (Å²) in [6.45, 7) is 0. The molecule has 10 heavy (non-hydrogen) atoms. The van der Waals surface area contributed by atoms with Crippen LogP contribution in [0.5, 0.6) is 0 Å². The van der Waals surface area contributed by atoms with Crippen LogP contribution in [0.25, 0.3) is 0 Å². The first-order valence-electron chi connectivity index (χ1n) is 2.96. The van der Waals surface area contributed by atoms with Crippen LogP contribution >= 0.6 is 0 Å². The van der Waals surface area contributed by atoms with Gasteiger partial charge in [0.15, 0.2) is 0 Å². The van der Waals surface area contributed by atoms with Crippen LogP contribution in [0.1, 0.15) is 0 Å². The number of pyridine rings is 1. The largest absolute Gasteiger partial charge is 0.462 e. The van der Waals surface area contributed by atoms with Crippen molar-refractivity contribution in [1.82, 2.24) is 10.3 Å². The summed E-state index contributed by atoms with van der Waals surface area (Å²) in [5.74, 6) is 0. The molecule has 0 spiro atoms. The summed E-state index contributed by atoms with van der Waals surface area (Å²) in [5.41, 5.74) is 0.851. The van der Waals surface area contributed by atoms with Gasteiger partial charge >= 0.3 is 0 Å². The lowest BCUT2D eigenvalue weighted by Crippen LogP contribution is -1.99. The van der Waals surface area contributed by atoms with E-state index in [0.717, 1.165) is 5.69 Å². The molecule has 0 unspecified atom stereocenters. The molecule has 1 heterocycles. The molecule has 52 valence electrons. The van der Waals surface area contributed by atoms with Gasteiger partial charge in [-0.05, 0) is 7.05 Å². The highest BCUT2D eigenvalue weighted by Gasteiger charge is 1.70. The number of aliphatic imine (C=N–C) groups is 1. The van der Waals surface area contributed by atoms with Gasteiger partial charge in [0.2, 0.25) is 0 Å². The zero-order valence-electron chi connectivity index (χ0n) is 5.70. The second kappa shape index (κ2) is 3.61. The third-order valence-corrected chi connectivity index (χ3v) is 0.960. The van der Waals surface area contributed by atoms with Crippen LogP contribution in [0.4, 0.5) is 5.69 Å². The van der Waals surface area contributed by atoms with Crippen molar-refractivity contribution in [2.75, 3.05) is 7.05 Å². The predicted octanol–water partition coefficient (Wildman–Crippen LogP) is 0.838. The molecule has 3 nitrogen and oxygen atoms in total. The van der Waals surface area contributed by atoms with Crippen molar-refractivity contribution in [2.24, 2.45) is 4.99 Å². The molecule has 1 aromatic rings. The van der Waals surface area contributed by atoms with E-state index in [4.69, 9.17) is 0 Å². The standard InChI is InChI=1S/C7H8N3/c1-8-6-10-7-2-4-9-5-3-7/h2-5H,1H3,(H,8,9,10)/q-1. The lowest BCUT2D eigenvalue weighted by Gasteiger charge is -2.01. The summed E-state index contributed by atoms with van der Waals surface area (Å²) in [5, 5.41) is 2.68. The smallest absolute Gasteiger partial charge is 0.0110 e. The van der Waals surface area contributed by atoms with Crippen LogP contribution < -0.4 is 5.32 Å². The Morgan fingerprint density at radius 2 is 2.20 bits per heavy atom. The van der Waals surface area contributed by atoms with Gasteiger partial charge in [-0.1, -0.05) is 12.0 Å². The first-order valence-corrected chi connectivity index (χ1v) is 2.96. The molecule has 0 atom stereocenters. The molecule has 0 aromatic carbocycles. The molecule has 0 radical (unpaired) electrons. The minimum absolute atomic E-state index is 0.851. The van der Waals surface area contributed by atoms with Gasteiger partial charge in [-0.3, -0.25) is 4.98 Å². The molecular formula is C7H8N3-. The highest BCUT2D eigenvalue weighted by molar-refractivity contribution is 5.59. The summed E-state index contributed by atoms with van der Waals surface area (Å²) in [6, 6.07) is 3.62. The first-order chi connectivity index (χ1) is 4.93. The van der Waals surface area contributed by atoms with Crippen LogP contribution in [0.3, 0.4) is 0 Å². The fourth-order valence-corrected chi connectivity index (χ4v) is 0.539. The summed E-state index contributed by atoms with van der Waals surface area (Å²) in [7, 11) is 1.75. The number of aromatic nitrogens is 1. The Balaban J connectivity index is 2.67. The van der Waals surface area contributed by atoms with Crippen molar-refractivity contribution in [3.8, 4) is 0 Å². The van der Waals surface area contributed by atoms with Gasteiger partial charge in [0.25, 0.3) is 0 Å². The molecule has 0 amide bonds. The fourth-order valence-electron chi connectivity index (χ4n) is 0.539. The number of hydrogen-bond donors (Lipinski definition) is 1. The van der Waals surface area contributed by atoms with E-state index in [9.17, 15) is 0 Å². The van der Waals surface area contributed by atoms with E-state index in [1.54, 1.807) is 19.4 Å². The van der Waals surface area contributed by atoms with Gasteiger partial charge < -0.3 is 10.3 Å². The van der Waals surface area contributed by atoms with E-state index in [1.165, 1.54) is 0 Å². The molecule has 0 fully saturated rings. The van der Waals surface area contributed by atoms with Gasteiger partial charge in [-0.25, -0.2) is 0 Å². The molecule has 1 N–H and O–H groups in total. The minimum atomic E-state index is 0.851. The second-order valence-electron chi connectivity index (χ2n) is 1.68. The van der Waals surface area contributed by atoms with Crippen molar-refractivity contribution in [3.63, 3.8) is 0 Å². The number of nitrogens with zero attached hydrogens (tertiary/aromatic N) is 2. The molecule has 0 aliphatic carbocycles. The number of nitrogens with one attached hydrogen (secondary N) is 1. The zero-order valence-corrected chi connectivity index (χ0v) is 5.70. The Morgan fingerprint density at radius 3 is 2.80 bits per heavy atom. The van der Waals surface area contributed by atoms with Crippen LogP contribution in [-0.2, 0) is 0 Å². The molecule has 0 aliphatic rings. The van der Waals surface area contributed by atoms with Crippen molar-refractivity contribution in [3.05, 3.63) is 24.5 Å². The molecule has 0 saturated carbocycles. The quantitative estimate of drug-likeness (QED) is 0.281. The SMILES string of the molecule is CN[C-]=Nc1ccncc1. The van der Waals surface area contributed by atoms with Crippen molar-refractivity contribution >= 4 is 12.0 Å². The Kier molecular flexibility index (Phi) is 2.43. The van der Waals surface area contributed by atoms with Gasteiger partial charge in [0.05, 0.1) is 0 Å². The number of hydrogen-bond acceptors (Lipinski definition) is 2. The maximum Gasteiger partial charge on any atom is 0.0110 e. The minimum Gasteiger partial charge on any atom is -0.462 e. The molecule has 0 saturated heterocycles. The van der Waals surface area contributed by atoms with E-state index in [2.05, 4.69) is 21.6 Å². The van der Waals surface area contributed by atoms with Crippen LogP contribution in [0.2, 0.25) is 0 Å². The zero-order chi connectivity index (χ0) is 7.23. The van der Waals surface area contributed by atoms with E-state index >= 15 is 0 Å². The van der Waals surface area contributed by atoms with Gasteiger partial charge in [-0.15, -0.1) is 12.1 Å². The molecule has 1 rings (SSSR count). The summed E-state index contributed by atoms with van der Waals surface area (Å²) < 4.78 is 0. The third kappa shape index (κ3) is 1.85. The monoisotopic (exact) mass is 134 g/mol. The normalized spacial score (nSPS) is 10.1. The molecular weight excluding hydrogens is 126 g/mol. The lowest BCUT2D eigenvalue weighted by molar-refractivity contribution is 1.20. The summed E-state index contributed by atoms with van der Waals surface area (Å²) in [4.78, 5) is 7.77. The predicted molar refractivity (Wildman–Crippen MR) is 40.4 cm³/mol. The Bertz CT molecular complexity index is 205. The Labute approximate surface area is 59.8 Å². The first kappa shape index (κ1) is 6.74. The molecule has 3 heteroatoms. The lowest BCUT2D eigenvalue weighted by atomic mass is 10.4. The fraction of sp³-hybridized carbons (Fsp3) is 0.143.